The van der Waals surface area contributed by atoms with Crippen LogP contribution in [0.25, 0.3) is 0 Å². The SMILES string of the molecule is CC(=O)O[C@@H]1CC[C@@]2(C)C(CCC3C2CC[C@]2(C)C(CCC(=O)OC(C)C)CCC32)C1. The molecule has 4 aliphatic rings. The van der Waals surface area contributed by atoms with Crippen molar-refractivity contribution in [3.05, 3.63) is 0 Å². The second kappa shape index (κ2) is 8.71. The molecule has 5 unspecified atom stereocenters. The van der Waals surface area contributed by atoms with Crippen molar-refractivity contribution < 1.29 is 19.1 Å². The first-order chi connectivity index (χ1) is 14.6. The van der Waals surface area contributed by atoms with Gasteiger partial charge in [-0.25, -0.2) is 0 Å². The summed E-state index contributed by atoms with van der Waals surface area (Å²) in [6.07, 6.45) is 13.0. The minimum atomic E-state index is -0.120. The fraction of sp³-hybridized carbons (Fsp3) is 0.926. The van der Waals surface area contributed by atoms with E-state index in [9.17, 15) is 9.59 Å². The van der Waals surface area contributed by atoms with Crippen molar-refractivity contribution in [1.29, 1.82) is 0 Å². The van der Waals surface area contributed by atoms with Crippen LogP contribution >= 0.6 is 0 Å². The Morgan fingerprint density at radius 1 is 0.935 bits per heavy atom. The second-order valence-electron chi connectivity index (χ2n) is 12.1. The molecule has 0 heterocycles. The molecule has 4 fully saturated rings. The maximum absolute atomic E-state index is 12.1. The molecule has 4 heteroatoms. The van der Waals surface area contributed by atoms with E-state index in [-0.39, 0.29) is 24.1 Å². The average Bonchev–Trinajstić information content (AvgIpc) is 3.02. The molecule has 4 aliphatic carbocycles. The van der Waals surface area contributed by atoms with Crippen LogP contribution in [0.2, 0.25) is 0 Å². The van der Waals surface area contributed by atoms with Crippen LogP contribution in [0.15, 0.2) is 0 Å². The molecule has 0 N–H and O–H groups in total. The molecule has 0 saturated heterocycles. The number of hydrogen-bond acceptors (Lipinski definition) is 4. The van der Waals surface area contributed by atoms with Gasteiger partial charge >= 0.3 is 11.9 Å². The molecule has 0 spiro atoms. The zero-order valence-corrected chi connectivity index (χ0v) is 20.5. The van der Waals surface area contributed by atoms with Crippen LogP contribution in [0.4, 0.5) is 0 Å². The first-order valence-corrected chi connectivity index (χ1v) is 13.0. The summed E-state index contributed by atoms with van der Waals surface area (Å²) in [5, 5.41) is 0. The fourth-order valence-electron chi connectivity index (χ4n) is 8.76. The zero-order chi connectivity index (χ0) is 22.4. The van der Waals surface area contributed by atoms with Gasteiger partial charge in [-0.05, 0) is 118 Å². The van der Waals surface area contributed by atoms with Gasteiger partial charge in [-0.2, -0.15) is 0 Å². The number of fused-ring (bicyclic) bond motifs is 5. The highest BCUT2D eigenvalue weighted by Gasteiger charge is 2.60. The van der Waals surface area contributed by atoms with Crippen LogP contribution in [0.3, 0.4) is 0 Å². The molecule has 176 valence electrons. The van der Waals surface area contributed by atoms with E-state index in [1.807, 2.05) is 13.8 Å². The van der Waals surface area contributed by atoms with Gasteiger partial charge < -0.3 is 9.47 Å². The number of rotatable bonds is 5. The van der Waals surface area contributed by atoms with Crippen LogP contribution < -0.4 is 0 Å². The van der Waals surface area contributed by atoms with Crippen molar-refractivity contribution >= 4 is 11.9 Å². The second-order valence-corrected chi connectivity index (χ2v) is 12.1. The Morgan fingerprint density at radius 2 is 1.65 bits per heavy atom. The number of hydrogen-bond donors (Lipinski definition) is 0. The Morgan fingerprint density at radius 3 is 2.35 bits per heavy atom. The van der Waals surface area contributed by atoms with Gasteiger partial charge in [-0.1, -0.05) is 13.8 Å². The molecule has 0 bridgehead atoms. The van der Waals surface area contributed by atoms with Crippen molar-refractivity contribution in [3.63, 3.8) is 0 Å². The van der Waals surface area contributed by atoms with Gasteiger partial charge in [-0.15, -0.1) is 0 Å². The van der Waals surface area contributed by atoms with Crippen LogP contribution in [-0.2, 0) is 19.1 Å². The smallest absolute Gasteiger partial charge is 0.306 e. The Bertz CT molecular complexity index is 687. The summed E-state index contributed by atoms with van der Waals surface area (Å²) in [5.41, 5.74) is 0.817. The molecule has 4 rings (SSSR count). The maximum atomic E-state index is 12.1. The van der Waals surface area contributed by atoms with E-state index < -0.39 is 0 Å². The lowest BCUT2D eigenvalue weighted by Gasteiger charge is -2.61. The first-order valence-electron chi connectivity index (χ1n) is 13.0. The summed E-state index contributed by atoms with van der Waals surface area (Å²) >= 11 is 0. The van der Waals surface area contributed by atoms with Gasteiger partial charge in [0.2, 0.25) is 0 Å². The van der Waals surface area contributed by atoms with E-state index in [2.05, 4.69) is 13.8 Å². The standard InChI is InChI=1S/C27H44O4/c1-17(2)30-25(29)11-8-19-7-10-23-22-9-6-20-16-21(31-18(3)28)12-14-27(20,5)24(22)13-15-26(19,23)4/h17,19-24H,6-16H2,1-5H3/t19?,20?,21-,22?,23?,24?,26-,27+/m1/s1. The van der Waals surface area contributed by atoms with E-state index in [1.54, 1.807) is 6.92 Å². The maximum Gasteiger partial charge on any atom is 0.306 e. The molecular weight excluding hydrogens is 388 g/mol. The highest BCUT2D eigenvalue weighted by molar-refractivity contribution is 5.69. The molecule has 0 aromatic carbocycles. The molecule has 0 aromatic rings. The van der Waals surface area contributed by atoms with Crippen LogP contribution in [-0.4, -0.2) is 24.1 Å². The summed E-state index contributed by atoms with van der Waals surface area (Å²) in [7, 11) is 0. The Balaban J connectivity index is 1.41. The Hall–Kier alpha value is -1.06. The largest absolute Gasteiger partial charge is 0.463 e. The van der Waals surface area contributed by atoms with Crippen LogP contribution in [0.5, 0.6) is 0 Å². The summed E-state index contributed by atoms with van der Waals surface area (Å²) in [6.45, 7) is 10.5. The van der Waals surface area contributed by atoms with E-state index >= 15 is 0 Å². The molecule has 0 aromatic heterocycles. The molecule has 31 heavy (non-hydrogen) atoms. The van der Waals surface area contributed by atoms with Crippen molar-refractivity contribution in [2.75, 3.05) is 0 Å². The summed E-state index contributed by atoms with van der Waals surface area (Å²) in [6, 6.07) is 0. The molecule has 0 amide bonds. The lowest BCUT2D eigenvalue weighted by Crippen LogP contribution is -2.54. The minimum absolute atomic E-state index is 0.0123. The van der Waals surface area contributed by atoms with E-state index in [0.29, 0.717) is 29.1 Å². The lowest BCUT2D eigenvalue weighted by atomic mass is 9.44. The molecule has 0 radical (unpaired) electrons. The third-order valence-corrected chi connectivity index (χ3v) is 10.2. The Kier molecular flexibility index (Phi) is 6.49. The van der Waals surface area contributed by atoms with Crippen molar-refractivity contribution in [2.24, 2.45) is 40.4 Å². The molecule has 4 nitrogen and oxygen atoms in total. The lowest BCUT2D eigenvalue weighted by molar-refractivity contribution is -0.160. The van der Waals surface area contributed by atoms with Crippen molar-refractivity contribution in [1.82, 2.24) is 0 Å². The highest BCUT2D eigenvalue weighted by atomic mass is 16.5. The predicted octanol–water partition coefficient (Wildman–Crippen LogP) is 6.31. The van der Waals surface area contributed by atoms with Gasteiger partial charge in [0.15, 0.2) is 0 Å². The first kappa shape index (κ1) is 23.1. The third kappa shape index (κ3) is 4.29. The topological polar surface area (TPSA) is 52.6 Å². The number of carbonyl (C=O) groups excluding carboxylic acids is 2. The normalized spacial score (nSPS) is 44.2. The quantitative estimate of drug-likeness (QED) is 0.478. The predicted molar refractivity (Wildman–Crippen MR) is 121 cm³/mol. The monoisotopic (exact) mass is 432 g/mol. The molecule has 8 atom stereocenters. The number of esters is 2. The van der Waals surface area contributed by atoms with Crippen LogP contribution in [0.1, 0.15) is 105 Å². The zero-order valence-electron chi connectivity index (χ0n) is 20.5. The molecule has 4 saturated carbocycles. The Labute approximate surface area is 189 Å². The van der Waals surface area contributed by atoms with E-state index in [1.165, 1.54) is 44.9 Å². The minimum Gasteiger partial charge on any atom is -0.463 e. The molecule has 0 aliphatic heterocycles. The average molecular weight is 433 g/mol. The van der Waals surface area contributed by atoms with E-state index in [4.69, 9.17) is 9.47 Å². The van der Waals surface area contributed by atoms with Gasteiger partial charge in [0.05, 0.1) is 6.10 Å². The fourth-order valence-corrected chi connectivity index (χ4v) is 8.76. The summed E-state index contributed by atoms with van der Waals surface area (Å²) in [5.74, 6) is 3.73. The molecular formula is C27H44O4. The van der Waals surface area contributed by atoms with Crippen molar-refractivity contribution in [3.8, 4) is 0 Å². The summed E-state index contributed by atoms with van der Waals surface area (Å²) in [4.78, 5) is 23.6. The van der Waals surface area contributed by atoms with Gasteiger partial charge in [0.1, 0.15) is 6.10 Å². The van der Waals surface area contributed by atoms with Gasteiger partial charge in [-0.3, -0.25) is 9.59 Å². The van der Waals surface area contributed by atoms with Gasteiger partial charge in [0.25, 0.3) is 0 Å². The van der Waals surface area contributed by atoms with Crippen molar-refractivity contribution in [2.45, 2.75) is 117 Å². The number of carbonyl (C=O) groups is 2. The number of ether oxygens (including phenoxy) is 2. The van der Waals surface area contributed by atoms with E-state index in [0.717, 1.165) is 37.0 Å². The van der Waals surface area contributed by atoms with Gasteiger partial charge in [0, 0.05) is 13.3 Å². The summed E-state index contributed by atoms with van der Waals surface area (Å²) < 4.78 is 11.0. The van der Waals surface area contributed by atoms with Crippen LogP contribution in [0, 0.1) is 40.4 Å². The highest BCUT2D eigenvalue weighted by Crippen LogP contribution is 2.68. The third-order valence-electron chi connectivity index (χ3n) is 10.2.